The van der Waals surface area contributed by atoms with Gasteiger partial charge in [-0.2, -0.15) is 5.10 Å². The van der Waals surface area contributed by atoms with Gasteiger partial charge in [0.2, 0.25) is 0 Å². The molecule has 0 saturated carbocycles. The fourth-order valence-corrected chi connectivity index (χ4v) is 4.48. The van der Waals surface area contributed by atoms with Crippen molar-refractivity contribution in [3.63, 3.8) is 0 Å². The van der Waals surface area contributed by atoms with E-state index in [2.05, 4.69) is 10.4 Å². The van der Waals surface area contributed by atoms with Crippen LogP contribution in [-0.4, -0.2) is 48.0 Å². The van der Waals surface area contributed by atoms with E-state index in [9.17, 15) is 18.4 Å². The topological polar surface area (TPSA) is 82.5 Å². The average Bonchev–Trinajstić information content (AvgIpc) is 3.07. The summed E-state index contributed by atoms with van der Waals surface area (Å²) in [6.45, 7) is 4.63. The van der Waals surface area contributed by atoms with Crippen molar-refractivity contribution >= 4 is 11.9 Å². The third-order valence-electron chi connectivity index (χ3n) is 6.32. The monoisotopic (exact) mass is 447 g/mol. The van der Waals surface area contributed by atoms with Gasteiger partial charge in [-0.25, -0.2) is 13.6 Å². The van der Waals surface area contributed by atoms with Crippen LogP contribution in [0.5, 0.6) is 0 Å². The molecule has 2 aliphatic rings. The molecule has 1 spiro atoms. The number of esters is 1. The molecule has 3 heterocycles. The normalized spacial score (nSPS) is 17.5. The van der Waals surface area contributed by atoms with E-state index in [0.717, 1.165) is 42.7 Å². The number of aromatic nitrogens is 2. The molecule has 1 aromatic carbocycles. The molecule has 1 fully saturated rings. The fourth-order valence-electron chi connectivity index (χ4n) is 4.48. The molecule has 7 nitrogen and oxygen atoms in total. The summed E-state index contributed by atoms with van der Waals surface area (Å²) < 4.78 is 38.9. The van der Waals surface area contributed by atoms with Crippen LogP contribution < -0.4 is 5.32 Å². The Labute approximate surface area is 185 Å². The Hall–Kier alpha value is -2.81. The summed E-state index contributed by atoms with van der Waals surface area (Å²) in [6, 6.07) is 2.91. The van der Waals surface area contributed by atoms with Gasteiger partial charge in [0.1, 0.15) is 5.69 Å². The summed E-state index contributed by atoms with van der Waals surface area (Å²) in [5.74, 6) is -2.91. The van der Waals surface area contributed by atoms with Crippen LogP contribution in [0, 0.1) is 17.0 Å². The molecule has 0 bridgehead atoms. The summed E-state index contributed by atoms with van der Waals surface area (Å²) in [7, 11) is 0. The SMILES string of the molecule is CCn1nc(CCCOC(=O)c2ccc(F)c(F)c2)c2c1C(=O)NCC1(CCOCC1)C2. The van der Waals surface area contributed by atoms with E-state index in [1.165, 1.54) is 6.07 Å². The number of benzene rings is 1. The van der Waals surface area contributed by atoms with Crippen molar-refractivity contribution in [1.82, 2.24) is 15.1 Å². The quantitative estimate of drug-likeness (QED) is 0.544. The molecule has 4 rings (SSSR count). The zero-order chi connectivity index (χ0) is 22.7. The lowest BCUT2D eigenvalue weighted by Crippen LogP contribution is -2.40. The van der Waals surface area contributed by atoms with Gasteiger partial charge in [-0.15, -0.1) is 0 Å². The first kappa shape index (κ1) is 22.4. The number of rotatable bonds is 6. The summed E-state index contributed by atoms with van der Waals surface area (Å²) in [6.07, 6.45) is 3.57. The summed E-state index contributed by atoms with van der Waals surface area (Å²) in [4.78, 5) is 24.9. The van der Waals surface area contributed by atoms with Crippen molar-refractivity contribution in [2.45, 2.75) is 45.6 Å². The van der Waals surface area contributed by atoms with Crippen LogP contribution in [0.4, 0.5) is 8.78 Å². The second kappa shape index (κ2) is 9.36. The van der Waals surface area contributed by atoms with Gasteiger partial charge in [0.15, 0.2) is 11.6 Å². The molecule has 1 aromatic heterocycles. The van der Waals surface area contributed by atoms with E-state index in [4.69, 9.17) is 9.47 Å². The Morgan fingerprint density at radius 3 is 2.78 bits per heavy atom. The lowest BCUT2D eigenvalue weighted by Gasteiger charge is -2.36. The number of halogens is 2. The minimum atomic E-state index is -1.09. The van der Waals surface area contributed by atoms with E-state index >= 15 is 0 Å². The van der Waals surface area contributed by atoms with Crippen LogP contribution in [0.3, 0.4) is 0 Å². The Kier molecular flexibility index (Phi) is 6.55. The first-order valence-electron chi connectivity index (χ1n) is 11.0. The van der Waals surface area contributed by atoms with Crippen LogP contribution >= 0.6 is 0 Å². The smallest absolute Gasteiger partial charge is 0.338 e. The molecule has 0 atom stereocenters. The highest BCUT2D eigenvalue weighted by atomic mass is 19.2. The first-order valence-corrected chi connectivity index (χ1v) is 11.0. The Morgan fingerprint density at radius 1 is 1.28 bits per heavy atom. The average molecular weight is 447 g/mol. The summed E-state index contributed by atoms with van der Waals surface area (Å²) in [5.41, 5.74) is 2.36. The third kappa shape index (κ3) is 4.53. The van der Waals surface area contributed by atoms with Crippen LogP contribution in [-0.2, 0) is 28.9 Å². The highest BCUT2D eigenvalue weighted by Gasteiger charge is 2.39. The van der Waals surface area contributed by atoms with Crippen LogP contribution in [0.15, 0.2) is 18.2 Å². The standard InChI is InChI=1S/C23H27F2N3O4/c1-2-28-20-16(13-23(14-26-21(20)29)7-10-31-11-8-23)19(27-28)4-3-9-32-22(30)15-5-6-17(24)18(25)12-15/h5-6,12H,2-4,7-11,13-14H2,1H3,(H,26,29). The number of aryl methyl sites for hydroxylation is 2. The molecular formula is C23H27F2N3O4. The predicted octanol–water partition coefficient (Wildman–Crippen LogP) is 3.05. The third-order valence-corrected chi connectivity index (χ3v) is 6.32. The van der Waals surface area contributed by atoms with E-state index in [-0.39, 0.29) is 23.5 Å². The molecule has 172 valence electrons. The van der Waals surface area contributed by atoms with Gasteiger partial charge in [0, 0.05) is 31.9 Å². The van der Waals surface area contributed by atoms with Crippen LogP contribution in [0.2, 0.25) is 0 Å². The van der Waals surface area contributed by atoms with Gasteiger partial charge in [-0.05, 0) is 62.6 Å². The van der Waals surface area contributed by atoms with Crippen LogP contribution in [0.25, 0.3) is 0 Å². The van der Waals surface area contributed by atoms with Crippen molar-refractivity contribution in [2.24, 2.45) is 5.41 Å². The molecule has 0 radical (unpaired) electrons. The molecule has 0 unspecified atom stereocenters. The number of carbonyl (C=O) groups excluding carboxylic acids is 2. The van der Waals surface area contributed by atoms with Gasteiger partial charge in [-0.3, -0.25) is 9.48 Å². The molecule has 1 N–H and O–H groups in total. The van der Waals surface area contributed by atoms with Gasteiger partial charge in [0.05, 0.1) is 17.9 Å². The lowest BCUT2D eigenvalue weighted by atomic mass is 9.75. The second-order valence-electron chi connectivity index (χ2n) is 8.43. The highest BCUT2D eigenvalue weighted by Crippen LogP contribution is 2.37. The number of amides is 1. The van der Waals surface area contributed by atoms with Crippen LogP contribution in [0.1, 0.15) is 58.3 Å². The van der Waals surface area contributed by atoms with Crippen molar-refractivity contribution in [2.75, 3.05) is 26.4 Å². The fraction of sp³-hybridized carbons (Fsp3) is 0.522. The molecule has 2 aromatic rings. The zero-order valence-electron chi connectivity index (χ0n) is 18.1. The number of nitrogens with one attached hydrogen (secondary N) is 1. The van der Waals surface area contributed by atoms with E-state index in [0.29, 0.717) is 44.8 Å². The Balaban J connectivity index is 1.44. The van der Waals surface area contributed by atoms with Gasteiger partial charge < -0.3 is 14.8 Å². The van der Waals surface area contributed by atoms with E-state index in [1.807, 2.05) is 6.92 Å². The highest BCUT2D eigenvalue weighted by molar-refractivity contribution is 5.94. The Morgan fingerprint density at radius 2 is 2.06 bits per heavy atom. The zero-order valence-corrected chi connectivity index (χ0v) is 18.1. The van der Waals surface area contributed by atoms with E-state index in [1.54, 1.807) is 4.68 Å². The maximum atomic E-state index is 13.3. The molecule has 32 heavy (non-hydrogen) atoms. The van der Waals surface area contributed by atoms with Crippen molar-refractivity contribution in [3.05, 3.63) is 52.3 Å². The number of ether oxygens (including phenoxy) is 2. The van der Waals surface area contributed by atoms with Gasteiger partial charge >= 0.3 is 5.97 Å². The number of hydrogen-bond acceptors (Lipinski definition) is 5. The molecule has 9 heteroatoms. The minimum absolute atomic E-state index is 0.0331. The summed E-state index contributed by atoms with van der Waals surface area (Å²) >= 11 is 0. The van der Waals surface area contributed by atoms with Crippen molar-refractivity contribution in [1.29, 1.82) is 0 Å². The number of hydrogen-bond donors (Lipinski definition) is 1. The predicted molar refractivity (Wildman–Crippen MR) is 111 cm³/mol. The lowest BCUT2D eigenvalue weighted by molar-refractivity contribution is 0.0160. The molecule has 2 aliphatic heterocycles. The van der Waals surface area contributed by atoms with Gasteiger partial charge in [-0.1, -0.05) is 0 Å². The molecule has 1 amide bonds. The van der Waals surface area contributed by atoms with Crippen molar-refractivity contribution < 1.29 is 27.8 Å². The Bertz CT molecular complexity index is 1010. The van der Waals surface area contributed by atoms with Crippen molar-refractivity contribution in [3.8, 4) is 0 Å². The number of fused-ring (bicyclic) bond motifs is 1. The molecule has 1 saturated heterocycles. The summed E-state index contributed by atoms with van der Waals surface area (Å²) in [5, 5.41) is 7.75. The number of carbonyl (C=O) groups is 2. The maximum absolute atomic E-state index is 13.3. The van der Waals surface area contributed by atoms with E-state index < -0.39 is 17.6 Å². The first-order chi connectivity index (χ1) is 15.4. The molecule has 0 aliphatic carbocycles. The number of nitrogens with zero attached hydrogens (tertiary/aromatic N) is 2. The maximum Gasteiger partial charge on any atom is 0.338 e. The molecular weight excluding hydrogens is 420 g/mol. The van der Waals surface area contributed by atoms with Gasteiger partial charge in [0.25, 0.3) is 5.91 Å². The largest absolute Gasteiger partial charge is 0.462 e. The second-order valence-corrected chi connectivity index (χ2v) is 8.43. The minimum Gasteiger partial charge on any atom is -0.462 e.